The maximum absolute atomic E-state index is 13.0. The summed E-state index contributed by atoms with van der Waals surface area (Å²) >= 11 is 1.29. The molecule has 1 saturated heterocycles. The number of benzene rings is 2. The second kappa shape index (κ2) is 8.81. The average molecular weight is 445 g/mol. The molecule has 0 bridgehead atoms. The van der Waals surface area contributed by atoms with Crippen LogP contribution in [0.2, 0.25) is 0 Å². The summed E-state index contributed by atoms with van der Waals surface area (Å²) in [6, 6.07) is 14.8. The van der Waals surface area contributed by atoms with E-state index in [1.165, 1.54) is 15.6 Å². The summed E-state index contributed by atoms with van der Waals surface area (Å²) in [5.74, 6) is -0.108. The fraction of sp³-hybridized carbons (Fsp3) is 0.333. The number of anilines is 1. The second-order valence-corrected chi connectivity index (χ2v) is 10.4. The standard InChI is InChI=1S/C21H24N4O3S2/c1-24-11-13-25(14-12-24)30(27,28)17-8-9-18-19(15-17)29-21(22-18)23-20(26)10-7-16-5-3-2-4-6-16/h2-6,8-9,15H,7,10-14H2,1H3,(H,22,23,26). The van der Waals surface area contributed by atoms with Crippen molar-refractivity contribution in [3.8, 4) is 0 Å². The predicted molar refractivity (Wildman–Crippen MR) is 119 cm³/mol. The molecule has 3 aromatic rings. The number of nitrogens with zero attached hydrogens (tertiary/aromatic N) is 3. The molecule has 0 aliphatic carbocycles. The van der Waals surface area contributed by atoms with E-state index in [-0.39, 0.29) is 10.8 Å². The normalized spacial score (nSPS) is 16.0. The maximum atomic E-state index is 13.0. The van der Waals surface area contributed by atoms with Crippen molar-refractivity contribution in [3.05, 3.63) is 54.1 Å². The SMILES string of the molecule is CN1CCN(S(=O)(=O)c2ccc3nc(NC(=O)CCc4ccccc4)sc3c2)CC1. The number of nitrogens with one attached hydrogen (secondary N) is 1. The van der Waals surface area contributed by atoms with Crippen molar-refractivity contribution in [2.45, 2.75) is 17.7 Å². The van der Waals surface area contributed by atoms with Gasteiger partial charge in [0, 0.05) is 32.6 Å². The van der Waals surface area contributed by atoms with Crippen LogP contribution in [0.3, 0.4) is 0 Å². The molecular formula is C21H24N4O3S2. The first-order chi connectivity index (χ1) is 14.4. The Morgan fingerprint density at radius 2 is 1.83 bits per heavy atom. The van der Waals surface area contributed by atoms with E-state index in [1.54, 1.807) is 18.2 Å². The molecule has 1 aromatic heterocycles. The van der Waals surface area contributed by atoms with E-state index in [0.29, 0.717) is 36.6 Å². The lowest BCUT2D eigenvalue weighted by Crippen LogP contribution is -2.46. The molecule has 0 spiro atoms. The van der Waals surface area contributed by atoms with Crippen LogP contribution in [0.25, 0.3) is 10.2 Å². The minimum Gasteiger partial charge on any atom is -0.304 e. The van der Waals surface area contributed by atoms with Crippen LogP contribution in [-0.2, 0) is 21.2 Å². The monoisotopic (exact) mass is 444 g/mol. The third kappa shape index (κ3) is 4.70. The topological polar surface area (TPSA) is 82.6 Å². The number of hydrogen-bond donors (Lipinski definition) is 1. The number of amides is 1. The number of aromatic nitrogens is 1. The fourth-order valence-corrected chi connectivity index (χ4v) is 5.83. The van der Waals surface area contributed by atoms with Gasteiger partial charge < -0.3 is 10.2 Å². The largest absolute Gasteiger partial charge is 0.304 e. The minimum atomic E-state index is -3.53. The Hall–Kier alpha value is -2.33. The van der Waals surface area contributed by atoms with Gasteiger partial charge in [0.2, 0.25) is 15.9 Å². The molecule has 0 unspecified atom stereocenters. The van der Waals surface area contributed by atoms with E-state index in [1.807, 2.05) is 37.4 Å². The van der Waals surface area contributed by atoms with E-state index in [0.717, 1.165) is 23.4 Å². The van der Waals surface area contributed by atoms with Gasteiger partial charge in [-0.15, -0.1) is 0 Å². The van der Waals surface area contributed by atoms with Gasteiger partial charge in [0.15, 0.2) is 5.13 Å². The Morgan fingerprint density at radius 1 is 1.10 bits per heavy atom. The van der Waals surface area contributed by atoms with Crippen molar-refractivity contribution < 1.29 is 13.2 Å². The quantitative estimate of drug-likeness (QED) is 0.632. The zero-order valence-electron chi connectivity index (χ0n) is 16.7. The van der Waals surface area contributed by atoms with Crippen LogP contribution in [0.15, 0.2) is 53.4 Å². The van der Waals surface area contributed by atoms with E-state index in [2.05, 4.69) is 15.2 Å². The lowest BCUT2D eigenvalue weighted by Gasteiger charge is -2.31. The van der Waals surface area contributed by atoms with Gasteiger partial charge in [-0.1, -0.05) is 41.7 Å². The van der Waals surface area contributed by atoms with Crippen molar-refractivity contribution in [3.63, 3.8) is 0 Å². The van der Waals surface area contributed by atoms with Crippen molar-refractivity contribution >= 4 is 42.6 Å². The first kappa shape index (κ1) is 20.9. The molecule has 0 atom stereocenters. The number of piperazine rings is 1. The number of carbonyl (C=O) groups excluding carboxylic acids is 1. The van der Waals surface area contributed by atoms with Gasteiger partial charge >= 0.3 is 0 Å². The molecule has 4 rings (SSSR count). The molecule has 158 valence electrons. The third-order valence-corrected chi connectivity index (χ3v) is 8.02. The lowest BCUT2D eigenvalue weighted by molar-refractivity contribution is -0.116. The van der Waals surface area contributed by atoms with Crippen molar-refractivity contribution in [2.24, 2.45) is 0 Å². The summed E-state index contributed by atoms with van der Waals surface area (Å²) in [5, 5.41) is 3.31. The van der Waals surface area contributed by atoms with E-state index in [4.69, 9.17) is 0 Å². The first-order valence-corrected chi connectivity index (χ1v) is 12.1. The van der Waals surface area contributed by atoms with Crippen LogP contribution in [0.4, 0.5) is 5.13 Å². The molecule has 1 fully saturated rings. The number of fused-ring (bicyclic) bond motifs is 1. The molecule has 2 aromatic carbocycles. The Balaban J connectivity index is 1.45. The molecule has 1 amide bonds. The average Bonchev–Trinajstić information content (AvgIpc) is 3.14. The van der Waals surface area contributed by atoms with Gasteiger partial charge in [0.1, 0.15) is 0 Å². The summed E-state index contributed by atoms with van der Waals surface area (Å²) in [7, 11) is -1.54. The zero-order valence-corrected chi connectivity index (χ0v) is 18.4. The van der Waals surface area contributed by atoms with Crippen molar-refractivity contribution in [1.82, 2.24) is 14.2 Å². The highest BCUT2D eigenvalue weighted by atomic mass is 32.2. The molecule has 9 heteroatoms. The number of sulfonamides is 1. The second-order valence-electron chi connectivity index (χ2n) is 7.39. The summed E-state index contributed by atoms with van der Waals surface area (Å²) < 4.78 is 28.2. The molecule has 1 N–H and O–H groups in total. The zero-order chi connectivity index (χ0) is 21.1. The molecule has 30 heavy (non-hydrogen) atoms. The third-order valence-electron chi connectivity index (χ3n) is 5.19. The Bertz CT molecular complexity index is 1140. The smallest absolute Gasteiger partial charge is 0.243 e. The fourth-order valence-electron chi connectivity index (χ4n) is 3.38. The summed E-state index contributed by atoms with van der Waals surface area (Å²) in [5.41, 5.74) is 1.78. The summed E-state index contributed by atoms with van der Waals surface area (Å²) in [6.07, 6.45) is 1.02. The number of likely N-dealkylation sites (N-methyl/N-ethyl adjacent to an activating group) is 1. The van der Waals surface area contributed by atoms with Gasteiger partial charge in [-0.25, -0.2) is 13.4 Å². The van der Waals surface area contributed by atoms with Gasteiger partial charge in [0.05, 0.1) is 15.1 Å². The van der Waals surface area contributed by atoms with Crippen LogP contribution in [0.1, 0.15) is 12.0 Å². The lowest BCUT2D eigenvalue weighted by atomic mass is 10.1. The first-order valence-electron chi connectivity index (χ1n) is 9.85. The van der Waals surface area contributed by atoms with E-state index in [9.17, 15) is 13.2 Å². The summed E-state index contributed by atoms with van der Waals surface area (Å²) in [6.45, 7) is 2.42. The number of rotatable bonds is 6. The van der Waals surface area contributed by atoms with Crippen molar-refractivity contribution in [2.75, 3.05) is 38.5 Å². The van der Waals surface area contributed by atoms with Crippen molar-refractivity contribution in [1.29, 1.82) is 0 Å². The van der Waals surface area contributed by atoms with Gasteiger partial charge in [-0.3, -0.25) is 4.79 Å². The highest BCUT2D eigenvalue weighted by Crippen LogP contribution is 2.29. The maximum Gasteiger partial charge on any atom is 0.243 e. The molecular weight excluding hydrogens is 420 g/mol. The number of carbonyl (C=O) groups is 1. The van der Waals surface area contributed by atoms with Crippen LogP contribution >= 0.6 is 11.3 Å². The van der Waals surface area contributed by atoms with Crippen LogP contribution in [-0.4, -0.2) is 61.7 Å². The summed E-state index contributed by atoms with van der Waals surface area (Å²) in [4.78, 5) is 19.1. The number of thiazole rings is 1. The van der Waals surface area contributed by atoms with Gasteiger partial charge in [0.25, 0.3) is 0 Å². The molecule has 1 aliphatic rings. The molecule has 0 saturated carbocycles. The van der Waals surface area contributed by atoms with E-state index >= 15 is 0 Å². The number of aryl methyl sites for hydroxylation is 1. The van der Waals surface area contributed by atoms with Crippen LogP contribution < -0.4 is 5.32 Å². The minimum absolute atomic E-state index is 0.108. The van der Waals surface area contributed by atoms with Gasteiger partial charge in [-0.05, 0) is 37.2 Å². The van der Waals surface area contributed by atoms with E-state index < -0.39 is 10.0 Å². The Kier molecular flexibility index (Phi) is 6.14. The Morgan fingerprint density at radius 3 is 2.57 bits per heavy atom. The molecule has 2 heterocycles. The number of hydrogen-bond acceptors (Lipinski definition) is 6. The van der Waals surface area contributed by atoms with Gasteiger partial charge in [-0.2, -0.15) is 4.31 Å². The van der Waals surface area contributed by atoms with Crippen LogP contribution in [0, 0.1) is 0 Å². The highest BCUT2D eigenvalue weighted by Gasteiger charge is 2.27. The predicted octanol–water partition coefficient (Wildman–Crippen LogP) is 2.80. The van der Waals surface area contributed by atoms with Crippen LogP contribution in [0.5, 0.6) is 0 Å². The molecule has 1 aliphatic heterocycles. The Labute approximate surface area is 180 Å². The highest BCUT2D eigenvalue weighted by molar-refractivity contribution is 7.89. The molecule has 0 radical (unpaired) electrons. The molecule has 7 nitrogen and oxygen atoms in total.